The van der Waals surface area contributed by atoms with E-state index < -0.39 is 4.33 Å². The van der Waals surface area contributed by atoms with Crippen molar-refractivity contribution < 1.29 is 0 Å². The monoisotopic (exact) mass is 232 g/mol. The molecule has 1 aromatic carbocycles. The van der Waals surface area contributed by atoms with Crippen LogP contribution in [0.25, 0.3) is 0 Å². The molecule has 0 saturated heterocycles. The second-order valence-electron chi connectivity index (χ2n) is 3.29. The molecular formula is C10H10Cl2S. The van der Waals surface area contributed by atoms with Crippen molar-refractivity contribution >= 4 is 35.0 Å². The van der Waals surface area contributed by atoms with E-state index in [1.807, 2.05) is 30.0 Å². The zero-order valence-electron chi connectivity index (χ0n) is 7.04. The lowest BCUT2D eigenvalue weighted by atomic mass is 10.4. The van der Waals surface area contributed by atoms with Crippen LogP contribution in [0.4, 0.5) is 0 Å². The summed E-state index contributed by atoms with van der Waals surface area (Å²) in [5.74, 6) is 1.50. The molecule has 0 bridgehead atoms. The van der Waals surface area contributed by atoms with Crippen molar-refractivity contribution in [3.8, 4) is 0 Å². The zero-order chi connectivity index (χ0) is 9.31. The van der Waals surface area contributed by atoms with Gasteiger partial charge in [0.2, 0.25) is 0 Å². The lowest BCUT2D eigenvalue weighted by Crippen LogP contribution is -1.92. The van der Waals surface area contributed by atoms with Crippen molar-refractivity contribution in [3.05, 3.63) is 30.3 Å². The fraction of sp³-hybridized carbons (Fsp3) is 0.400. The normalized spacial score (nSPS) is 24.3. The Balaban J connectivity index is 1.82. The van der Waals surface area contributed by atoms with Gasteiger partial charge in [0.05, 0.1) is 0 Å². The molecule has 3 heteroatoms. The Morgan fingerprint density at radius 3 is 2.46 bits per heavy atom. The molecule has 0 aromatic heterocycles. The molecule has 0 N–H and O–H groups in total. The van der Waals surface area contributed by atoms with Crippen molar-refractivity contribution in [2.45, 2.75) is 15.6 Å². The van der Waals surface area contributed by atoms with E-state index in [0.717, 1.165) is 12.2 Å². The minimum atomic E-state index is -0.429. The first-order chi connectivity index (χ1) is 6.18. The van der Waals surface area contributed by atoms with Crippen LogP contribution in [0, 0.1) is 5.92 Å². The van der Waals surface area contributed by atoms with Gasteiger partial charge < -0.3 is 0 Å². The van der Waals surface area contributed by atoms with Crippen LogP contribution in [-0.2, 0) is 0 Å². The number of benzene rings is 1. The Labute approximate surface area is 92.6 Å². The quantitative estimate of drug-likeness (QED) is 0.562. The Morgan fingerprint density at radius 1 is 1.31 bits per heavy atom. The highest BCUT2D eigenvalue weighted by Crippen LogP contribution is 2.54. The van der Waals surface area contributed by atoms with E-state index in [1.165, 1.54) is 4.90 Å². The lowest BCUT2D eigenvalue weighted by molar-refractivity contribution is 0.979. The predicted octanol–water partition coefficient (Wildman–Crippen LogP) is 3.97. The smallest absolute Gasteiger partial charge is 0.122 e. The highest BCUT2D eigenvalue weighted by Gasteiger charge is 2.51. The molecule has 0 radical (unpaired) electrons. The number of hydrogen-bond acceptors (Lipinski definition) is 1. The first-order valence-electron chi connectivity index (χ1n) is 4.24. The van der Waals surface area contributed by atoms with E-state index >= 15 is 0 Å². The molecule has 1 atom stereocenters. The summed E-state index contributed by atoms with van der Waals surface area (Å²) in [6.45, 7) is 0. The van der Waals surface area contributed by atoms with Gasteiger partial charge in [0, 0.05) is 16.6 Å². The number of halogens is 2. The molecule has 1 aromatic rings. The maximum Gasteiger partial charge on any atom is 0.122 e. The summed E-state index contributed by atoms with van der Waals surface area (Å²) in [6, 6.07) is 10.3. The number of hydrogen-bond donors (Lipinski definition) is 0. The van der Waals surface area contributed by atoms with Crippen molar-refractivity contribution in [1.29, 1.82) is 0 Å². The van der Waals surface area contributed by atoms with Crippen LogP contribution < -0.4 is 0 Å². The largest absolute Gasteiger partial charge is 0.126 e. The van der Waals surface area contributed by atoms with Crippen molar-refractivity contribution in [2.75, 3.05) is 5.75 Å². The fourth-order valence-corrected chi connectivity index (χ4v) is 3.02. The lowest BCUT2D eigenvalue weighted by Gasteiger charge is -2.00. The third-order valence-electron chi connectivity index (χ3n) is 2.15. The zero-order valence-corrected chi connectivity index (χ0v) is 9.37. The minimum absolute atomic E-state index is 0.429. The third-order valence-corrected chi connectivity index (χ3v) is 4.25. The first kappa shape index (κ1) is 9.70. The van der Waals surface area contributed by atoms with Gasteiger partial charge in [-0.05, 0) is 18.6 Å². The van der Waals surface area contributed by atoms with E-state index in [0.29, 0.717) is 5.92 Å². The van der Waals surface area contributed by atoms with E-state index in [4.69, 9.17) is 23.2 Å². The number of thioether (sulfide) groups is 1. The standard InChI is InChI=1S/C10H10Cl2S/c11-10(12)6-8(10)7-13-9-4-2-1-3-5-9/h1-5,8H,6-7H2/t8-/m1/s1. The first-order valence-corrected chi connectivity index (χ1v) is 5.98. The molecule has 0 heterocycles. The highest BCUT2D eigenvalue weighted by atomic mass is 35.5. The maximum absolute atomic E-state index is 5.93. The van der Waals surface area contributed by atoms with Gasteiger partial charge in [0.25, 0.3) is 0 Å². The highest BCUT2D eigenvalue weighted by molar-refractivity contribution is 7.99. The second kappa shape index (κ2) is 3.72. The topological polar surface area (TPSA) is 0 Å². The van der Waals surface area contributed by atoms with Crippen LogP contribution in [-0.4, -0.2) is 10.1 Å². The molecule has 0 nitrogen and oxygen atoms in total. The summed E-state index contributed by atoms with van der Waals surface area (Å²) < 4.78 is -0.429. The summed E-state index contributed by atoms with van der Waals surface area (Å²) in [5, 5.41) is 0. The second-order valence-corrected chi connectivity index (χ2v) is 5.92. The van der Waals surface area contributed by atoms with E-state index in [-0.39, 0.29) is 0 Å². The van der Waals surface area contributed by atoms with Crippen LogP contribution in [0.3, 0.4) is 0 Å². The van der Waals surface area contributed by atoms with Crippen LogP contribution in [0.2, 0.25) is 0 Å². The molecule has 1 aliphatic rings. The summed E-state index contributed by atoms with van der Waals surface area (Å²) in [4.78, 5) is 1.29. The average Bonchev–Trinajstić information content (AvgIpc) is 2.73. The average molecular weight is 233 g/mol. The minimum Gasteiger partial charge on any atom is -0.126 e. The fourth-order valence-electron chi connectivity index (χ4n) is 1.16. The molecule has 70 valence electrons. The Bertz CT molecular complexity index is 284. The van der Waals surface area contributed by atoms with E-state index in [1.54, 1.807) is 0 Å². The summed E-state index contributed by atoms with van der Waals surface area (Å²) >= 11 is 13.7. The summed E-state index contributed by atoms with van der Waals surface area (Å²) in [5.41, 5.74) is 0. The van der Waals surface area contributed by atoms with Gasteiger partial charge in [-0.25, -0.2) is 0 Å². The molecular weight excluding hydrogens is 223 g/mol. The van der Waals surface area contributed by atoms with E-state index in [9.17, 15) is 0 Å². The van der Waals surface area contributed by atoms with Gasteiger partial charge in [-0.1, -0.05) is 18.2 Å². The Hall–Kier alpha value is 0.150. The predicted molar refractivity (Wildman–Crippen MR) is 59.7 cm³/mol. The summed E-state index contributed by atoms with van der Waals surface area (Å²) in [7, 11) is 0. The SMILES string of the molecule is ClC1(Cl)C[C@@H]1CSc1ccccc1. The van der Waals surface area contributed by atoms with Crippen molar-refractivity contribution in [2.24, 2.45) is 5.92 Å². The van der Waals surface area contributed by atoms with Gasteiger partial charge in [-0.3, -0.25) is 0 Å². The molecule has 1 aliphatic carbocycles. The van der Waals surface area contributed by atoms with Crippen LogP contribution in [0.1, 0.15) is 6.42 Å². The van der Waals surface area contributed by atoms with Crippen molar-refractivity contribution in [3.63, 3.8) is 0 Å². The molecule has 1 saturated carbocycles. The van der Waals surface area contributed by atoms with E-state index in [2.05, 4.69) is 12.1 Å². The van der Waals surface area contributed by atoms with Gasteiger partial charge in [-0.2, -0.15) is 0 Å². The van der Waals surface area contributed by atoms with Gasteiger partial charge in [-0.15, -0.1) is 35.0 Å². The molecule has 0 spiro atoms. The Kier molecular flexibility index (Phi) is 2.77. The number of rotatable bonds is 3. The molecule has 1 fully saturated rings. The molecule has 0 aliphatic heterocycles. The van der Waals surface area contributed by atoms with Gasteiger partial charge in [0.15, 0.2) is 0 Å². The van der Waals surface area contributed by atoms with Gasteiger partial charge in [0.1, 0.15) is 4.33 Å². The van der Waals surface area contributed by atoms with Crippen molar-refractivity contribution in [1.82, 2.24) is 0 Å². The number of alkyl halides is 2. The Morgan fingerprint density at radius 2 is 1.92 bits per heavy atom. The molecule has 13 heavy (non-hydrogen) atoms. The van der Waals surface area contributed by atoms with Crippen LogP contribution >= 0.6 is 35.0 Å². The van der Waals surface area contributed by atoms with Crippen LogP contribution in [0.15, 0.2) is 35.2 Å². The third kappa shape index (κ3) is 2.55. The maximum atomic E-state index is 5.93. The summed E-state index contributed by atoms with van der Waals surface area (Å²) in [6.07, 6.45) is 0.940. The molecule has 0 unspecified atom stereocenters. The molecule has 2 rings (SSSR count). The molecule has 0 amide bonds. The van der Waals surface area contributed by atoms with Gasteiger partial charge >= 0.3 is 0 Å². The van der Waals surface area contributed by atoms with Crippen LogP contribution in [0.5, 0.6) is 0 Å².